The summed E-state index contributed by atoms with van der Waals surface area (Å²) in [5.74, 6) is -0.976. The van der Waals surface area contributed by atoms with E-state index in [2.05, 4.69) is 246 Å². The van der Waals surface area contributed by atoms with Crippen molar-refractivity contribution in [3.05, 3.63) is 217 Å². The lowest BCUT2D eigenvalue weighted by molar-refractivity contribution is -0.401. The van der Waals surface area contributed by atoms with Gasteiger partial charge in [0.25, 0.3) is 12.2 Å². The molecule has 5 heterocycles. The van der Waals surface area contributed by atoms with Crippen molar-refractivity contribution in [2.45, 2.75) is 200 Å². The molecule has 5 aliphatic heterocycles. The predicted octanol–water partition coefficient (Wildman–Crippen LogP) is 15.7. The molecule has 0 spiro atoms. The minimum Gasteiger partial charge on any atom is -0.465 e. The second-order valence-electron chi connectivity index (χ2n) is 34.2. The maximum Gasteiger partial charge on any atom is 0.295 e. The van der Waals surface area contributed by atoms with Gasteiger partial charge in [0.15, 0.2) is 11.9 Å². The number of carbonyl (C=O) groups excluding carboxylic acids is 6. The Morgan fingerprint density at radius 2 is 1.42 bits per heavy atom. The Morgan fingerprint density at radius 3 is 2.09 bits per heavy atom. The molecular weight excluding hydrogens is 1610 g/mol. The molecular formula is C94H117IN9O12S+. The fourth-order valence-electron chi connectivity index (χ4n) is 16.5. The Morgan fingerprint density at radius 1 is 0.786 bits per heavy atom. The monoisotopic (exact) mass is 1720 g/mol. The SMILES string of the molecule is [C-]#[N+]/C(C#N)=C1\C(=CC2N(C(CCCC)C(=O)NCCN3C(=O)CC(SCC(NC(=O)CCOCCOCCOCCNC(=O)C(CCCC)N4\C(=C/C=C/C=C/C=C/C5=[N+](C)c6ccc(I)cc6C5(C)C)C(C)(C)c5c4ccc4ccccc54)OC=O)C3=O)c3ccccc3C2(C)C)C(O)C1C=C1C=C(C(C)(C)C)OC(C(C)(C)C)=C1. The number of rotatable bonds is 37. The van der Waals surface area contributed by atoms with Crippen LogP contribution >= 0.6 is 34.4 Å². The van der Waals surface area contributed by atoms with Crippen LogP contribution in [0.15, 0.2) is 185 Å². The molecule has 7 atom stereocenters. The van der Waals surface area contributed by atoms with Gasteiger partial charge in [-0.2, -0.15) is 4.58 Å². The predicted molar refractivity (Wildman–Crippen MR) is 471 cm³/mol. The van der Waals surface area contributed by atoms with Gasteiger partial charge in [-0.25, -0.2) is 10.1 Å². The minimum atomic E-state index is -1.11. The molecule has 1 saturated carbocycles. The summed E-state index contributed by atoms with van der Waals surface area (Å²) < 4.78 is 32.4. The second kappa shape index (κ2) is 39.6. The summed E-state index contributed by atoms with van der Waals surface area (Å²) in [6.45, 7) is 39.6. The van der Waals surface area contributed by atoms with Gasteiger partial charge in [0.1, 0.15) is 30.6 Å². The molecule has 0 bridgehead atoms. The first-order chi connectivity index (χ1) is 55.7. The number of fused-ring (bicyclic) bond motifs is 5. The van der Waals surface area contributed by atoms with Crippen molar-refractivity contribution in [3.8, 4) is 6.07 Å². The molecule has 7 unspecified atom stereocenters. The third-order valence-electron chi connectivity index (χ3n) is 22.8. The van der Waals surface area contributed by atoms with E-state index in [1.54, 1.807) is 0 Å². The highest BCUT2D eigenvalue weighted by molar-refractivity contribution is 14.1. The molecule has 1 aliphatic carbocycles. The maximum absolute atomic E-state index is 14.8. The molecule has 6 aliphatic rings. The fraction of sp³-hybridized carbons (Fsp3) is 0.479. The van der Waals surface area contributed by atoms with Gasteiger partial charge in [-0.3, -0.25) is 33.7 Å². The van der Waals surface area contributed by atoms with Crippen molar-refractivity contribution in [1.82, 2.24) is 20.9 Å². The molecule has 23 heteroatoms. The lowest BCUT2D eigenvalue weighted by atomic mass is 9.67. The van der Waals surface area contributed by atoms with E-state index < -0.39 is 70.2 Å². The quantitative estimate of drug-likeness (QED) is 0.00377. The Balaban J connectivity index is 0.659. The first-order valence-electron chi connectivity index (χ1n) is 41.0. The van der Waals surface area contributed by atoms with Crippen molar-refractivity contribution < 1.29 is 62.1 Å². The molecule has 4 N–H and O–H groups in total. The van der Waals surface area contributed by atoms with Crippen molar-refractivity contribution in [1.29, 1.82) is 5.26 Å². The number of aliphatic hydroxyl groups excluding tert-OH is 1. The molecule has 2 fully saturated rings. The van der Waals surface area contributed by atoms with Crippen LogP contribution in [-0.2, 0) is 68.7 Å². The number of aliphatic hydroxyl groups is 1. The average molecular weight is 1720 g/mol. The highest BCUT2D eigenvalue weighted by Crippen LogP contribution is 2.54. The molecule has 10 rings (SSSR count). The first kappa shape index (κ1) is 90.1. The highest BCUT2D eigenvalue weighted by atomic mass is 127. The van der Waals surface area contributed by atoms with Gasteiger partial charge in [-0.15, -0.1) is 11.8 Å². The van der Waals surface area contributed by atoms with Gasteiger partial charge in [-0.1, -0.05) is 200 Å². The minimum absolute atomic E-state index is 0.0268. The van der Waals surface area contributed by atoms with E-state index in [9.17, 15) is 39.1 Å². The number of thioether (sulfide) groups is 1. The summed E-state index contributed by atoms with van der Waals surface area (Å²) in [5.41, 5.74) is 8.53. The molecule has 1 saturated heterocycles. The zero-order chi connectivity index (χ0) is 84.7. The number of allylic oxidation sites excluding steroid dienone is 14. The highest BCUT2D eigenvalue weighted by Gasteiger charge is 2.52. The van der Waals surface area contributed by atoms with Crippen LogP contribution in [0.4, 0.5) is 17.1 Å². The van der Waals surface area contributed by atoms with Gasteiger partial charge in [-0.05, 0) is 130 Å². The Hall–Kier alpha value is -9.21. The number of benzene rings is 4. The van der Waals surface area contributed by atoms with Crippen LogP contribution in [0.25, 0.3) is 15.6 Å². The van der Waals surface area contributed by atoms with Crippen molar-refractivity contribution in [2.24, 2.45) is 16.7 Å². The number of nitriles is 1. The third-order valence-corrected chi connectivity index (χ3v) is 24.8. The topological polar surface area (TPSA) is 246 Å². The van der Waals surface area contributed by atoms with Crippen LogP contribution in [0.3, 0.4) is 0 Å². The van der Waals surface area contributed by atoms with Gasteiger partial charge >= 0.3 is 0 Å². The van der Waals surface area contributed by atoms with Gasteiger partial charge in [0.2, 0.25) is 35.2 Å². The van der Waals surface area contributed by atoms with Crippen LogP contribution in [-0.4, -0.2) is 164 Å². The molecule has 0 aromatic heterocycles. The largest absolute Gasteiger partial charge is 0.465 e. The third kappa shape index (κ3) is 20.7. The zero-order valence-corrected chi connectivity index (χ0v) is 73.6. The summed E-state index contributed by atoms with van der Waals surface area (Å²) in [5, 5.41) is 33.0. The average Bonchev–Trinajstić information content (AvgIpc) is 1.62. The number of amides is 5. The summed E-state index contributed by atoms with van der Waals surface area (Å²) >= 11 is 3.45. The summed E-state index contributed by atoms with van der Waals surface area (Å²) in [4.78, 5) is 90.6. The first-order valence-corrected chi connectivity index (χ1v) is 43.1. The second-order valence-corrected chi connectivity index (χ2v) is 36.7. The fourth-order valence-corrected chi connectivity index (χ4v) is 18.1. The van der Waals surface area contributed by atoms with Crippen LogP contribution < -0.4 is 25.8 Å². The summed E-state index contributed by atoms with van der Waals surface area (Å²) in [6, 6.07) is 27.6. The Bertz CT molecular complexity index is 4750. The maximum atomic E-state index is 14.8. The number of para-hydroxylation sites is 1. The normalized spacial score (nSPS) is 21.2. The van der Waals surface area contributed by atoms with Gasteiger partial charge in [0, 0.05) is 92.0 Å². The Kier molecular flexibility index (Phi) is 30.5. The number of hydrogen-bond acceptors (Lipinski definition) is 16. The zero-order valence-electron chi connectivity index (χ0n) is 70.6. The van der Waals surface area contributed by atoms with Crippen LogP contribution in [0.2, 0.25) is 0 Å². The number of ether oxygens (including phenoxy) is 5. The molecule has 622 valence electrons. The lowest BCUT2D eigenvalue weighted by Crippen LogP contribution is -2.54. The number of anilines is 2. The van der Waals surface area contributed by atoms with Crippen molar-refractivity contribution in [3.63, 3.8) is 0 Å². The molecule has 5 amide bonds. The van der Waals surface area contributed by atoms with E-state index >= 15 is 0 Å². The summed E-state index contributed by atoms with van der Waals surface area (Å²) in [7, 11) is 2.13. The van der Waals surface area contributed by atoms with E-state index in [1.165, 1.54) is 26.1 Å². The lowest BCUT2D eigenvalue weighted by Gasteiger charge is -2.43. The standard InChI is InChI=1S/C94H116IN9O12S/c1-17-19-33-73(103-71-35-29-28-32-67(71)92(9,10)78(103)56-66-84(69(58-96)97-15)65(86(66)108)52-61-53-79(90(3,4)5)116-80(54-61)91(6,7)8)87(109)98-43-45-102-83(107)57-75(89(102)111)117-59-82(115-60-105)100-81(106)42-46-112-48-50-114-51-49-113-47-44-99-88(110)74(34-20-18-2)104-72-40-38-62-30-26-27-31-64(62)85(72)94(13,14)77(104)37-25-23-21-22-24-36-76-93(11,12)68-55-63(95)39-41-70(68)101(76)16/h21-32,35-41,52-56,60,65,73-75,78,82,86,108H,17-20,33-34,42-51,57,59H2,1-14,16H3,(H2-,98,99,100,106,109,110)/p+1/b66-56?,84-69-. The summed E-state index contributed by atoms with van der Waals surface area (Å²) in [6.07, 6.45) is 24.4. The van der Waals surface area contributed by atoms with E-state index in [1.807, 2.05) is 67.6 Å². The number of likely N-dealkylation sites (tertiary alicyclic amines) is 1. The molecule has 4 aromatic rings. The van der Waals surface area contributed by atoms with Crippen molar-refractivity contribution >= 4 is 104 Å². The number of nitrogens with zero attached hydrogens (tertiary/aromatic N) is 6. The van der Waals surface area contributed by atoms with E-state index in [0.29, 0.717) is 37.0 Å². The molecule has 4 aromatic carbocycles. The van der Waals surface area contributed by atoms with Gasteiger partial charge < -0.3 is 54.5 Å². The van der Waals surface area contributed by atoms with Crippen LogP contribution in [0, 0.1) is 38.2 Å². The van der Waals surface area contributed by atoms with Crippen molar-refractivity contribution in [2.75, 3.05) is 81.9 Å². The van der Waals surface area contributed by atoms with Crippen LogP contribution in [0.1, 0.15) is 165 Å². The smallest absolute Gasteiger partial charge is 0.295 e. The number of hydrogen-bond donors (Lipinski definition) is 4. The number of halogens is 1. The van der Waals surface area contributed by atoms with E-state index in [4.69, 9.17) is 30.3 Å². The number of unbranched alkanes of at least 4 members (excludes halogenated alkanes) is 2. The molecule has 117 heavy (non-hydrogen) atoms. The van der Waals surface area contributed by atoms with E-state index in [0.717, 1.165) is 86.4 Å². The molecule has 21 nitrogen and oxygen atoms in total. The number of nitrogens with one attached hydrogen (secondary N) is 3. The number of imide groups is 1. The molecule has 0 radical (unpaired) electrons. The Labute approximate surface area is 709 Å². The van der Waals surface area contributed by atoms with Crippen LogP contribution in [0.5, 0.6) is 0 Å². The van der Waals surface area contributed by atoms with E-state index in [-0.39, 0.29) is 112 Å². The number of carbonyl (C=O) groups is 6. The van der Waals surface area contributed by atoms with Gasteiger partial charge in [0.05, 0.1) is 87.3 Å².